The van der Waals surface area contributed by atoms with E-state index >= 15 is 0 Å². The van der Waals surface area contributed by atoms with Crippen LogP contribution in [-0.2, 0) is 15.5 Å². The summed E-state index contributed by atoms with van der Waals surface area (Å²) in [5, 5.41) is 8.29. The second-order valence-corrected chi connectivity index (χ2v) is 4.83. The molecule has 1 rings (SSSR count). The van der Waals surface area contributed by atoms with Crippen molar-refractivity contribution in [3.8, 4) is 6.07 Å². The Hall–Kier alpha value is -0.400. The van der Waals surface area contributed by atoms with Gasteiger partial charge in [0.25, 0.3) is 0 Å². The molecule has 1 heterocycles. The molecule has 0 aromatic rings. The average molecular weight is 201 g/mol. The molecule has 0 spiro atoms. The lowest BCUT2D eigenvalue weighted by atomic mass is 10.3. The van der Waals surface area contributed by atoms with Crippen LogP contribution in [0, 0.1) is 11.3 Å². The SMILES string of the molecule is N#CCCCS(=O)CC1CCCO1. The summed E-state index contributed by atoms with van der Waals surface area (Å²) in [6, 6.07) is 2.05. The average Bonchev–Trinajstić information content (AvgIpc) is 2.57. The Kier molecular flexibility index (Phi) is 5.02. The second-order valence-electron chi connectivity index (χ2n) is 3.21. The van der Waals surface area contributed by atoms with Crippen LogP contribution in [0.2, 0.25) is 0 Å². The van der Waals surface area contributed by atoms with Gasteiger partial charge in [-0.2, -0.15) is 5.26 Å². The van der Waals surface area contributed by atoms with Gasteiger partial charge in [-0.15, -0.1) is 0 Å². The van der Waals surface area contributed by atoms with E-state index in [1.54, 1.807) is 0 Å². The molecule has 0 amide bonds. The summed E-state index contributed by atoms with van der Waals surface area (Å²) in [5.41, 5.74) is 0. The third-order valence-electron chi connectivity index (χ3n) is 2.06. The van der Waals surface area contributed by atoms with E-state index in [9.17, 15) is 4.21 Å². The first kappa shape index (κ1) is 10.7. The van der Waals surface area contributed by atoms with Crippen molar-refractivity contribution in [2.45, 2.75) is 31.8 Å². The number of hydrogen-bond donors (Lipinski definition) is 0. The zero-order valence-electron chi connectivity index (χ0n) is 7.70. The van der Waals surface area contributed by atoms with E-state index in [-0.39, 0.29) is 6.10 Å². The molecule has 0 aromatic carbocycles. The zero-order valence-corrected chi connectivity index (χ0v) is 8.52. The maximum atomic E-state index is 11.4. The van der Waals surface area contributed by atoms with E-state index in [1.807, 2.05) is 0 Å². The van der Waals surface area contributed by atoms with E-state index in [4.69, 9.17) is 10.00 Å². The van der Waals surface area contributed by atoms with E-state index in [0.717, 1.165) is 25.9 Å². The van der Waals surface area contributed by atoms with Gasteiger partial charge >= 0.3 is 0 Å². The summed E-state index contributed by atoms with van der Waals surface area (Å²) < 4.78 is 16.8. The first-order chi connectivity index (χ1) is 6.33. The van der Waals surface area contributed by atoms with Gasteiger partial charge in [0.05, 0.1) is 12.2 Å². The van der Waals surface area contributed by atoms with Crippen LogP contribution < -0.4 is 0 Å². The number of nitriles is 1. The smallest absolute Gasteiger partial charge is 0.0691 e. The Morgan fingerprint density at radius 1 is 1.62 bits per heavy atom. The van der Waals surface area contributed by atoms with Gasteiger partial charge in [0, 0.05) is 35.3 Å². The highest BCUT2D eigenvalue weighted by atomic mass is 32.2. The minimum Gasteiger partial charge on any atom is -0.377 e. The molecular weight excluding hydrogens is 186 g/mol. The normalized spacial score (nSPS) is 24.1. The van der Waals surface area contributed by atoms with Crippen LogP contribution in [0.4, 0.5) is 0 Å². The van der Waals surface area contributed by atoms with Crippen molar-refractivity contribution in [1.82, 2.24) is 0 Å². The van der Waals surface area contributed by atoms with Crippen molar-refractivity contribution < 1.29 is 8.95 Å². The van der Waals surface area contributed by atoms with Crippen LogP contribution in [0.15, 0.2) is 0 Å². The quantitative estimate of drug-likeness (QED) is 0.628. The van der Waals surface area contributed by atoms with E-state index < -0.39 is 10.8 Å². The summed E-state index contributed by atoms with van der Waals surface area (Å²) in [6.45, 7) is 0.820. The van der Waals surface area contributed by atoms with Crippen LogP contribution in [-0.4, -0.2) is 28.4 Å². The Labute approximate surface area is 81.5 Å². The number of rotatable bonds is 5. The Bertz CT molecular complexity index is 206. The summed E-state index contributed by atoms with van der Waals surface area (Å²) in [5.74, 6) is 1.30. The Balaban J connectivity index is 2.07. The van der Waals surface area contributed by atoms with Gasteiger partial charge in [-0.1, -0.05) is 0 Å². The molecule has 2 atom stereocenters. The van der Waals surface area contributed by atoms with Crippen molar-refractivity contribution in [2.75, 3.05) is 18.1 Å². The molecule has 0 aliphatic carbocycles. The molecule has 0 bridgehead atoms. The van der Waals surface area contributed by atoms with Gasteiger partial charge in [0.1, 0.15) is 0 Å². The molecule has 0 aromatic heterocycles. The van der Waals surface area contributed by atoms with Crippen molar-refractivity contribution in [2.24, 2.45) is 0 Å². The molecule has 1 saturated heterocycles. The van der Waals surface area contributed by atoms with Crippen LogP contribution >= 0.6 is 0 Å². The first-order valence-electron chi connectivity index (χ1n) is 4.66. The number of hydrogen-bond acceptors (Lipinski definition) is 3. The predicted octanol–water partition coefficient (Wildman–Crippen LogP) is 1.22. The van der Waals surface area contributed by atoms with Gasteiger partial charge in [-0.3, -0.25) is 4.21 Å². The van der Waals surface area contributed by atoms with Crippen molar-refractivity contribution in [3.63, 3.8) is 0 Å². The van der Waals surface area contributed by atoms with E-state index in [2.05, 4.69) is 6.07 Å². The summed E-state index contributed by atoms with van der Waals surface area (Å²) in [4.78, 5) is 0. The summed E-state index contributed by atoms with van der Waals surface area (Å²) in [7, 11) is -0.787. The van der Waals surface area contributed by atoms with Gasteiger partial charge in [-0.25, -0.2) is 0 Å². The fourth-order valence-electron chi connectivity index (χ4n) is 1.38. The highest BCUT2D eigenvalue weighted by Gasteiger charge is 2.17. The van der Waals surface area contributed by atoms with Crippen molar-refractivity contribution in [1.29, 1.82) is 5.26 Å². The largest absolute Gasteiger partial charge is 0.377 e. The molecule has 0 radical (unpaired) electrons. The molecule has 0 N–H and O–H groups in total. The highest BCUT2D eigenvalue weighted by molar-refractivity contribution is 7.85. The minimum atomic E-state index is -0.787. The zero-order chi connectivity index (χ0) is 9.52. The fourth-order valence-corrected chi connectivity index (χ4v) is 2.69. The number of ether oxygens (including phenoxy) is 1. The lowest BCUT2D eigenvalue weighted by Crippen LogP contribution is -2.17. The predicted molar refractivity (Wildman–Crippen MR) is 51.7 cm³/mol. The van der Waals surface area contributed by atoms with Crippen LogP contribution in [0.5, 0.6) is 0 Å². The molecule has 3 nitrogen and oxygen atoms in total. The Morgan fingerprint density at radius 2 is 2.46 bits per heavy atom. The first-order valence-corrected chi connectivity index (χ1v) is 6.15. The molecule has 1 fully saturated rings. The fraction of sp³-hybridized carbons (Fsp3) is 0.889. The topological polar surface area (TPSA) is 50.1 Å². The van der Waals surface area contributed by atoms with Gasteiger partial charge in [0.2, 0.25) is 0 Å². The molecule has 4 heteroatoms. The van der Waals surface area contributed by atoms with Crippen molar-refractivity contribution in [3.05, 3.63) is 0 Å². The Morgan fingerprint density at radius 3 is 3.08 bits per heavy atom. The lowest BCUT2D eigenvalue weighted by molar-refractivity contribution is 0.128. The molecule has 0 saturated carbocycles. The molecule has 13 heavy (non-hydrogen) atoms. The summed E-state index contributed by atoms with van der Waals surface area (Å²) >= 11 is 0. The molecule has 2 unspecified atom stereocenters. The third-order valence-corrected chi connectivity index (χ3v) is 3.54. The summed E-state index contributed by atoms with van der Waals surface area (Å²) in [6.07, 6.45) is 3.61. The number of unbranched alkanes of at least 4 members (excludes halogenated alkanes) is 1. The van der Waals surface area contributed by atoms with Gasteiger partial charge in [0.15, 0.2) is 0 Å². The van der Waals surface area contributed by atoms with Crippen LogP contribution in [0.25, 0.3) is 0 Å². The maximum absolute atomic E-state index is 11.4. The molecule has 1 aliphatic heterocycles. The molecular formula is C9H15NO2S. The maximum Gasteiger partial charge on any atom is 0.0691 e. The van der Waals surface area contributed by atoms with E-state index in [1.165, 1.54) is 0 Å². The molecule has 74 valence electrons. The van der Waals surface area contributed by atoms with Crippen molar-refractivity contribution >= 4 is 10.8 Å². The monoisotopic (exact) mass is 201 g/mol. The highest BCUT2D eigenvalue weighted by Crippen LogP contribution is 2.13. The van der Waals surface area contributed by atoms with Gasteiger partial charge < -0.3 is 4.74 Å². The van der Waals surface area contributed by atoms with Crippen LogP contribution in [0.3, 0.4) is 0 Å². The van der Waals surface area contributed by atoms with Crippen LogP contribution in [0.1, 0.15) is 25.7 Å². The second kappa shape index (κ2) is 6.11. The van der Waals surface area contributed by atoms with E-state index in [0.29, 0.717) is 17.9 Å². The lowest BCUT2D eigenvalue weighted by Gasteiger charge is -2.07. The minimum absolute atomic E-state index is 0.211. The van der Waals surface area contributed by atoms with Gasteiger partial charge in [-0.05, 0) is 19.3 Å². The third kappa shape index (κ3) is 4.39. The number of nitrogens with zero attached hydrogens (tertiary/aromatic N) is 1. The standard InChI is InChI=1S/C9H15NO2S/c10-5-1-2-7-13(11)8-9-4-3-6-12-9/h9H,1-4,6-8H2. The molecule has 1 aliphatic rings.